The van der Waals surface area contributed by atoms with E-state index < -0.39 is 31.3 Å². The van der Waals surface area contributed by atoms with Crippen LogP contribution in [0.25, 0.3) is 0 Å². The van der Waals surface area contributed by atoms with Crippen molar-refractivity contribution >= 4 is 31.3 Å². The van der Waals surface area contributed by atoms with E-state index in [4.69, 9.17) is 2.97 Å². The molecule has 0 aromatic carbocycles. The van der Waals surface area contributed by atoms with Gasteiger partial charge in [-0.05, 0) is 18.9 Å². The Hall–Kier alpha value is -0.330. The first-order chi connectivity index (χ1) is 10.3. The van der Waals surface area contributed by atoms with Crippen molar-refractivity contribution in [3.05, 3.63) is 11.5 Å². The van der Waals surface area contributed by atoms with Gasteiger partial charge in [0.25, 0.3) is 20.2 Å². The summed E-state index contributed by atoms with van der Waals surface area (Å²) >= 11 is -0.923. The number of hydrogen-bond acceptors (Lipinski definition) is 8. The Balaban J connectivity index is 0. The monoisotopic (exact) mass is 356 g/mol. The Labute approximate surface area is 125 Å². The topological polar surface area (TPSA) is 113 Å². The molecule has 0 spiro atoms. The first-order valence-corrected chi connectivity index (χ1v) is 10.0. The summed E-state index contributed by atoms with van der Waals surface area (Å²) in [6.45, 7) is 1.26. The zero-order valence-corrected chi connectivity index (χ0v) is 13.0. The largest absolute Gasteiger partial charge is 0.291 e. The van der Waals surface area contributed by atoms with Crippen molar-refractivity contribution < 1.29 is 38.0 Å². The van der Waals surface area contributed by atoms with Crippen LogP contribution in [0.1, 0.15) is 17.2 Å². The summed E-state index contributed by atoms with van der Waals surface area (Å²) in [7, 11) is -6.27. The molecule has 1 atom stereocenters. The molecule has 3 rings (SSSR count). The van der Waals surface area contributed by atoms with E-state index in [0.29, 0.717) is 19.6 Å². The summed E-state index contributed by atoms with van der Waals surface area (Å²) in [6.07, 6.45) is 3.07. The fourth-order valence-corrected chi connectivity index (χ4v) is 3.60. The third-order valence-electron chi connectivity index (χ3n) is 2.06. The molecule has 0 radical (unpaired) electrons. The second-order valence-electron chi connectivity index (χ2n) is 3.77. The Morgan fingerprint density at radius 1 is 1.15 bits per heavy atom. The summed E-state index contributed by atoms with van der Waals surface area (Å²) in [5.74, 6) is 0.937. The third kappa shape index (κ3) is 8.07. The molecule has 1 unspecified atom stereocenters. The SMILES string of the molecule is O=S1(=O)C=CCO1.O=S1(=O)CCCO1.O=S1CCCO1.[2HH].[2H][3H]. The molecule has 3 aliphatic heterocycles. The average Bonchev–Trinajstić information content (AvgIpc) is 3.17. The van der Waals surface area contributed by atoms with Gasteiger partial charge in [-0.2, -0.15) is 16.8 Å². The lowest BCUT2D eigenvalue weighted by molar-refractivity contribution is 0.354. The van der Waals surface area contributed by atoms with Crippen molar-refractivity contribution in [2.24, 2.45) is 0 Å². The van der Waals surface area contributed by atoms with Gasteiger partial charge < -0.3 is 0 Å². The maximum atomic E-state index is 10.2. The number of rotatable bonds is 0. The highest BCUT2D eigenvalue weighted by atomic mass is 32.2. The van der Waals surface area contributed by atoms with Crippen LogP contribution in [0, 0.1) is 0 Å². The van der Waals surface area contributed by atoms with Crippen LogP contribution in [0.2, 0.25) is 0 Å². The Kier molecular flexibility index (Phi) is 6.58. The van der Waals surface area contributed by atoms with Crippen LogP contribution in [0.15, 0.2) is 11.5 Å². The van der Waals surface area contributed by atoms with E-state index in [9.17, 15) is 21.0 Å². The highest BCUT2D eigenvalue weighted by Crippen LogP contribution is 2.05. The Morgan fingerprint density at radius 3 is 2.05 bits per heavy atom. The van der Waals surface area contributed by atoms with Crippen molar-refractivity contribution in [2.45, 2.75) is 12.8 Å². The van der Waals surface area contributed by atoms with Gasteiger partial charge in [-0.1, -0.05) is 0 Å². The van der Waals surface area contributed by atoms with Crippen LogP contribution < -0.4 is 0 Å². The quantitative estimate of drug-likeness (QED) is 0.564. The minimum Gasteiger partial charge on any atom is -0.291 e. The summed E-state index contributed by atoms with van der Waals surface area (Å²) < 4.78 is 73.9. The minimum atomic E-state index is -3.23. The van der Waals surface area contributed by atoms with Crippen LogP contribution in [-0.2, 0) is 43.9 Å². The van der Waals surface area contributed by atoms with Gasteiger partial charge in [0.2, 0.25) is 0 Å². The second kappa shape index (κ2) is 8.20. The van der Waals surface area contributed by atoms with Crippen molar-refractivity contribution in [1.82, 2.24) is 0 Å². The molecule has 8 nitrogen and oxygen atoms in total. The van der Waals surface area contributed by atoms with Crippen molar-refractivity contribution in [1.29, 1.82) is 0 Å². The average molecular weight is 356 g/mol. The van der Waals surface area contributed by atoms with Crippen LogP contribution >= 0.6 is 0 Å². The van der Waals surface area contributed by atoms with Crippen LogP contribution in [-0.4, -0.2) is 52.4 Å². The van der Waals surface area contributed by atoms with E-state index in [-0.39, 0.29) is 13.8 Å². The van der Waals surface area contributed by atoms with E-state index in [1.807, 2.05) is 0 Å². The van der Waals surface area contributed by atoms with Crippen molar-refractivity contribution in [2.75, 3.05) is 31.3 Å². The summed E-state index contributed by atoms with van der Waals surface area (Å²) in [6, 6.07) is 0. The molecule has 2 saturated heterocycles. The lowest BCUT2D eigenvalue weighted by Gasteiger charge is -1.83. The summed E-state index contributed by atoms with van der Waals surface area (Å²) in [5, 5.41) is 1.05. The molecular formula is C9H20O8S3. The highest BCUT2D eigenvalue weighted by molar-refractivity contribution is 7.89. The summed E-state index contributed by atoms with van der Waals surface area (Å²) in [5.41, 5.74) is 0. The molecule has 122 valence electrons. The van der Waals surface area contributed by atoms with Gasteiger partial charge in [0.1, 0.15) is 0 Å². The van der Waals surface area contributed by atoms with Crippen molar-refractivity contribution in [3.8, 4) is 0 Å². The second-order valence-corrected chi connectivity index (χ2v) is 8.27. The highest BCUT2D eigenvalue weighted by Gasteiger charge is 2.16. The van der Waals surface area contributed by atoms with E-state index >= 15 is 0 Å². The van der Waals surface area contributed by atoms with Gasteiger partial charge in [0.15, 0.2) is 11.1 Å². The molecule has 0 aromatic rings. The standard InChI is InChI=1S/C3H6O3S.C3H4O3S.C3H6O2S.2H2/c2*4-7(5)3-1-2-6-7;4-6-3-1-2-5-6;;/h1-3H2;1,3H,2H2;1-3H2;2*1H/i;;;1+2D;1+1. The fraction of sp³-hybridized carbons (Fsp3) is 0.778. The van der Waals surface area contributed by atoms with Crippen LogP contribution in [0.3, 0.4) is 0 Å². The fourth-order valence-electron chi connectivity index (χ4n) is 1.20. The van der Waals surface area contributed by atoms with Gasteiger partial charge in [-0.15, -0.1) is 0 Å². The molecule has 11 heteroatoms. The number of hydrogen-bond donors (Lipinski definition) is 0. The third-order valence-corrected chi connectivity index (χ3v) is 5.42. The Morgan fingerprint density at radius 2 is 1.90 bits per heavy atom. The zero-order valence-electron chi connectivity index (χ0n) is 12.6. The van der Waals surface area contributed by atoms with E-state index in [1.165, 1.54) is 6.08 Å². The Bertz CT molecular complexity index is 541. The molecule has 0 aliphatic carbocycles. The van der Waals surface area contributed by atoms with Gasteiger partial charge in [0, 0.05) is 4.40 Å². The molecule has 0 saturated carbocycles. The molecule has 3 aliphatic rings. The molecule has 0 bridgehead atoms. The normalized spacial score (nSPS) is 29.5. The molecule has 2 fully saturated rings. The predicted octanol–water partition coefficient (Wildman–Crippen LogP) is 0.159. The molecule has 20 heavy (non-hydrogen) atoms. The van der Waals surface area contributed by atoms with Gasteiger partial charge in [-0.3, -0.25) is 12.5 Å². The minimum absolute atomic E-state index is 0. The lowest BCUT2D eigenvalue weighted by Crippen LogP contribution is -1.96. The van der Waals surface area contributed by atoms with E-state index in [1.54, 1.807) is 0 Å². The molecule has 0 aromatic heterocycles. The lowest BCUT2D eigenvalue weighted by atomic mass is 10.5. The summed E-state index contributed by atoms with van der Waals surface area (Å²) in [4.78, 5) is 0. The van der Waals surface area contributed by atoms with Crippen LogP contribution in [0.4, 0.5) is 0 Å². The maximum absolute atomic E-state index is 10.2. The molecule has 0 amide bonds. The van der Waals surface area contributed by atoms with Crippen LogP contribution in [0.5, 0.6) is 0 Å². The molecular weight excluding hydrogens is 332 g/mol. The van der Waals surface area contributed by atoms with Gasteiger partial charge in [-0.25, -0.2) is 4.21 Å². The molecule has 3 heterocycles. The van der Waals surface area contributed by atoms with Crippen molar-refractivity contribution in [3.63, 3.8) is 0 Å². The maximum Gasteiger partial charge on any atom is 0.290 e. The smallest absolute Gasteiger partial charge is 0.290 e. The predicted molar refractivity (Wildman–Crippen MR) is 76.2 cm³/mol. The van der Waals surface area contributed by atoms with E-state index in [0.717, 1.165) is 17.6 Å². The zero-order chi connectivity index (χ0) is 17.1. The first-order valence-electron chi connectivity index (χ1n) is 6.75. The molecule has 0 N–H and O–H groups in total. The van der Waals surface area contributed by atoms with Gasteiger partial charge in [0.05, 0.1) is 36.7 Å². The van der Waals surface area contributed by atoms with Gasteiger partial charge >= 0.3 is 0 Å². The van der Waals surface area contributed by atoms with E-state index in [2.05, 4.69) is 12.5 Å². The first kappa shape index (κ1) is 16.0.